The predicted octanol–water partition coefficient (Wildman–Crippen LogP) is 2.53. The van der Waals surface area contributed by atoms with E-state index in [9.17, 15) is 8.42 Å². The van der Waals surface area contributed by atoms with Gasteiger partial charge in [-0.05, 0) is 54.6 Å². The molecule has 2 fully saturated rings. The Morgan fingerprint density at radius 2 is 2.05 bits per heavy atom. The zero-order chi connectivity index (χ0) is 14.9. The van der Waals surface area contributed by atoms with E-state index in [0.29, 0.717) is 6.54 Å². The average molecular weight is 329 g/mol. The van der Waals surface area contributed by atoms with Crippen molar-refractivity contribution in [1.29, 1.82) is 0 Å². The third kappa shape index (κ3) is 3.33. The number of likely N-dealkylation sites (tertiary alicyclic amines) is 1. The first-order valence-electron chi connectivity index (χ1n) is 7.71. The Balaban J connectivity index is 1.79. The molecule has 1 spiro atoms. The van der Waals surface area contributed by atoms with Crippen LogP contribution in [0.25, 0.3) is 0 Å². The molecule has 2 aliphatic rings. The Hall–Kier alpha value is -0.430. The van der Waals surface area contributed by atoms with E-state index in [1.807, 2.05) is 4.31 Å². The standard InChI is InChI=1S/C15H24N2O2S2/c1-21(18,19)17-9-3-2-6-15(17)7-4-8-16(13-15)11-14-5-10-20-12-14/h5,10,12H,2-4,6-9,11,13H2,1H3/t15-/m1/s1. The number of sulfonamides is 1. The fraction of sp³-hybridized carbons (Fsp3) is 0.733. The Morgan fingerprint density at radius 1 is 1.24 bits per heavy atom. The molecule has 1 atom stereocenters. The minimum Gasteiger partial charge on any atom is -0.297 e. The summed E-state index contributed by atoms with van der Waals surface area (Å²) in [4.78, 5) is 2.44. The van der Waals surface area contributed by atoms with Crippen molar-refractivity contribution >= 4 is 21.4 Å². The molecule has 0 unspecified atom stereocenters. The second-order valence-corrected chi connectivity index (χ2v) is 9.15. The van der Waals surface area contributed by atoms with E-state index in [2.05, 4.69) is 21.7 Å². The highest BCUT2D eigenvalue weighted by Gasteiger charge is 2.45. The molecule has 0 amide bonds. The van der Waals surface area contributed by atoms with Gasteiger partial charge in [-0.2, -0.15) is 15.6 Å². The summed E-state index contributed by atoms with van der Waals surface area (Å²) in [5.41, 5.74) is 1.19. The van der Waals surface area contributed by atoms with E-state index in [-0.39, 0.29) is 5.54 Å². The maximum atomic E-state index is 12.2. The number of nitrogens with zero attached hydrogens (tertiary/aromatic N) is 2. The topological polar surface area (TPSA) is 40.6 Å². The van der Waals surface area contributed by atoms with Gasteiger partial charge >= 0.3 is 0 Å². The third-order valence-electron chi connectivity index (χ3n) is 4.80. The summed E-state index contributed by atoms with van der Waals surface area (Å²) in [7, 11) is -3.11. The summed E-state index contributed by atoms with van der Waals surface area (Å²) >= 11 is 1.73. The van der Waals surface area contributed by atoms with Crippen LogP contribution in [0.2, 0.25) is 0 Å². The third-order valence-corrected chi connectivity index (χ3v) is 6.91. The molecule has 0 aromatic carbocycles. The lowest BCUT2D eigenvalue weighted by Gasteiger charge is -2.51. The van der Waals surface area contributed by atoms with Crippen LogP contribution >= 0.6 is 11.3 Å². The highest BCUT2D eigenvalue weighted by atomic mass is 32.2. The van der Waals surface area contributed by atoms with Crippen LogP contribution in [-0.4, -0.2) is 49.1 Å². The van der Waals surface area contributed by atoms with Crippen LogP contribution in [0.15, 0.2) is 16.8 Å². The zero-order valence-corrected chi connectivity index (χ0v) is 14.3. The zero-order valence-electron chi connectivity index (χ0n) is 12.6. The van der Waals surface area contributed by atoms with Crippen LogP contribution in [0.3, 0.4) is 0 Å². The molecule has 3 heterocycles. The Labute approximate surface area is 131 Å². The number of hydrogen-bond donors (Lipinski definition) is 0. The minimum absolute atomic E-state index is 0.153. The number of thiophene rings is 1. The summed E-state index contributed by atoms with van der Waals surface area (Å²) in [5.74, 6) is 0. The smallest absolute Gasteiger partial charge is 0.211 e. The molecule has 1 aromatic heterocycles. The first kappa shape index (κ1) is 15.5. The molecule has 4 nitrogen and oxygen atoms in total. The van der Waals surface area contributed by atoms with E-state index >= 15 is 0 Å². The van der Waals surface area contributed by atoms with E-state index in [1.165, 1.54) is 11.8 Å². The van der Waals surface area contributed by atoms with E-state index in [0.717, 1.165) is 51.7 Å². The molecule has 0 aliphatic carbocycles. The van der Waals surface area contributed by atoms with Crippen molar-refractivity contribution in [2.45, 2.75) is 44.2 Å². The van der Waals surface area contributed by atoms with Gasteiger partial charge in [0.1, 0.15) is 0 Å². The largest absolute Gasteiger partial charge is 0.297 e. The van der Waals surface area contributed by atoms with Crippen LogP contribution in [0.5, 0.6) is 0 Å². The van der Waals surface area contributed by atoms with Crippen molar-refractivity contribution in [3.8, 4) is 0 Å². The molecule has 2 saturated heterocycles. The molecular weight excluding hydrogens is 304 g/mol. The summed E-state index contributed by atoms with van der Waals surface area (Å²) < 4.78 is 26.2. The first-order chi connectivity index (χ1) is 10.00. The molecule has 6 heteroatoms. The normalized spacial score (nSPS) is 29.0. The van der Waals surface area contributed by atoms with E-state index in [4.69, 9.17) is 0 Å². The molecule has 118 valence electrons. The van der Waals surface area contributed by atoms with Gasteiger partial charge in [-0.1, -0.05) is 6.42 Å². The lowest BCUT2D eigenvalue weighted by atomic mass is 9.81. The number of piperidine rings is 2. The quantitative estimate of drug-likeness (QED) is 0.856. The van der Waals surface area contributed by atoms with Gasteiger partial charge in [0.2, 0.25) is 10.0 Å². The fourth-order valence-corrected chi connectivity index (χ4v) is 6.04. The van der Waals surface area contributed by atoms with Crippen LogP contribution < -0.4 is 0 Å². The molecule has 0 saturated carbocycles. The average Bonchev–Trinajstić information content (AvgIpc) is 2.91. The highest BCUT2D eigenvalue weighted by Crippen LogP contribution is 2.38. The Morgan fingerprint density at radius 3 is 2.76 bits per heavy atom. The molecule has 1 aromatic rings. The van der Waals surface area contributed by atoms with Crippen LogP contribution in [0, 0.1) is 0 Å². The minimum atomic E-state index is -3.11. The Kier molecular flexibility index (Phi) is 4.41. The molecule has 3 rings (SSSR count). The molecule has 0 radical (unpaired) electrons. The molecule has 2 aliphatic heterocycles. The molecule has 0 N–H and O–H groups in total. The van der Waals surface area contributed by atoms with Gasteiger partial charge in [-0.15, -0.1) is 0 Å². The summed E-state index contributed by atoms with van der Waals surface area (Å²) in [5, 5.41) is 4.30. The van der Waals surface area contributed by atoms with Crippen molar-refractivity contribution < 1.29 is 8.42 Å². The van der Waals surface area contributed by atoms with Crippen molar-refractivity contribution in [2.75, 3.05) is 25.9 Å². The van der Waals surface area contributed by atoms with Gasteiger partial charge in [-0.25, -0.2) is 8.42 Å². The molecule has 0 bridgehead atoms. The van der Waals surface area contributed by atoms with Gasteiger partial charge in [0.05, 0.1) is 6.26 Å². The maximum Gasteiger partial charge on any atom is 0.211 e. The lowest BCUT2D eigenvalue weighted by Crippen LogP contribution is -2.61. The van der Waals surface area contributed by atoms with Gasteiger partial charge in [0.15, 0.2) is 0 Å². The Bertz CT molecular complexity index is 567. The van der Waals surface area contributed by atoms with Gasteiger partial charge in [0, 0.05) is 25.2 Å². The molecule has 21 heavy (non-hydrogen) atoms. The van der Waals surface area contributed by atoms with Crippen molar-refractivity contribution in [2.24, 2.45) is 0 Å². The van der Waals surface area contributed by atoms with Crippen LogP contribution in [0.1, 0.15) is 37.7 Å². The monoisotopic (exact) mass is 328 g/mol. The van der Waals surface area contributed by atoms with Gasteiger partial charge < -0.3 is 0 Å². The fourth-order valence-electron chi connectivity index (χ4n) is 3.98. The SMILES string of the molecule is CS(=O)(=O)N1CCCC[C@]12CCCN(Cc1ccsc1)C2. The van der Waals surface area contributed by atoms with Gasteiger partial charge in [-0.3, -0.25) is 4.90 Å². The van der Waals surface area contributed by atoms with E-state index in [1.54, 1.807) is 11.3 Å². The van der Waals surface area contributed by atoms with Crippen molar-refractivity contribution in [3.05, 3.63) is 22.4 Å². The maximum absolute atomic E-state index is 12.2. The highest BCUT2D eigenvalue weighted by molar-refractivity contribution is 7.88. The number of rotatable bonds is 3. The van der Waals surface area contributed by atoms with Crippen molar-refractivity contribution in [3.63, 3.8) is 0 Å². The summed E-state index contributed by atoms with van der Waals surface area (Å²) in [6.45, 7) is 3.61. The predicted molar refractivity (Wildman–Crippen MR) is 87.0 cm³/mol. The summed E-state index contributed by atoms with van der Waals surface area (Å²) in [6.07, 6.45) is 6.64. The van der Waals surface area contributed by atoms with Gasteiger partial charge in [0.25, 0.3) is 0 Å². The molecular formula is C15H24N2O2S2. The second-order valence-electron chi connectivity index (χ2n) is 6.46. The van der Waals surface area contributed by atoms with Crippen LogP contribution in [0.4, 0.5) is 0 Å². The van der Waals surface area contributed by atoms with Crippen LogP contribution in [-0.2, 0) is 16.6 Å². The summed E-state index contributed by atoms with van der Waals surface area (Å²) in [6, 6.07) is 2.17. The first-order valence-corrected chi connectivity index (χ1v) is 10.5. The second kappa shape index (κ2) is 5.99. The number of hydrogen-bond acceptors (Lipinski definition) is 4. The van der Waals surface area contributed by atoms with E-state index < -0.39 is 10.0 Å². The van der Waals surface area contributed by atoms with Crippen molar-refractivity contribution in [1.82, 2.24) is 9.21 Å². The lowest BCUT2D eigenvalue weighted by molar-refractivity contribution is 0.0337.